The topological polar surface area (TPSA) is 72.8 Å². The summed E-state index contributed by atoms with van der Waals surface area (Å²) in [7, 11) is 3.05. The second-order valence-corrected chi connectivity index (χ2v) is 4.71. The molecule has 110 valence electrons. The number of hydrogen-bond acceptors (Lipinski definition) is 4. The highest BCUT2D eigenvalue weighted by molar-refractivity contribution is 6.03. The van der Waals surface area contributed by atoms with Gasteiger partial charge >= 0.3 is 5.97 Å². The van der Waals surface area contributed by atoms with Crippen molar-refractivity contribution in [1.82, 2.24) is 0 Å². The molecule has 0 atom stereocenters. The number of carboxylic acids is 1. The monoisotopic (exact) mass is 288 g/mol. The first-order chi connectivity index (χ1) is 9.96. The van der Waals surface area contributed by atoms with Crippen LogP contribution < -0.4 is 9.47 Å². The molecule has 0 radical (unpaired) electrons. The molecule has 5 nitrogen and oxygen atoms in total. The van der Waals surface area contributed by atoms with Crippen LogP contribution in [0.15, 0.2) is 29.4 Å². The molecule has 2 bridgehead atoms. The highest BCUT2D eigenvalue weighted by atomic mass is 16.5. The van der Waals surface area contributed by atoms with Gasteiger partial charge in [-0.25, -0.2) is 4.79 Å². The summed E-state index contributed by atoms with van der Waals surface area (Å²) < 4.78 is 10.6. The number of hydrogen-bond donors (Lipinski definition) is 1. The van der Waals surface area contributed by atoms with Crippen LogP contribution in [0, 0.1) is 0 Å². The van der Waals surface area contributed by atoms with E-state index in [9.17, 15) is 14.7 Å². The molecular formula is C16H16O5. The van der Waals surface area contributed by atoms with Gasteiger partial charge in [-0.15, -0.1) is 0 Å². The average molecular weight is 288 g/mol. The van der Waals surface area contributed by atoms with Gasteiger partial charge in [-0.3, -0.25) is 4.79 Å². The fourth-order valence-corrected chi connectivity index (χ4v) is 2.24. The summed E-state index contributed by atoms with van der Waals surface area (Å²) >= 11 is 0. The standard InChI is InChI=1S/C16H16O5/c1-9(17)10-4-11-6-12(7-13(5-10)16(18)19)15(21-3)8-14(11)20-2/h4-6,8H,7H2,1-3H3,(H,18,19)/b10-4+,13-5+. The van der Waals surface area contributed by atoms with E-state index in [-0.39, 0.29) is 17.8 Å². The zero-order valence-electron chi connectivity index (χ0n) is 12.1. The van der Waals surface area contributed by atoms with Gasteiger partial charge in [0.1, 0.15) is 11.5 Å². The number of fused-ring (bicyclic) bond motifs is 2. The summed E-state index contributed by atoms with van der Waals surface area (Å²) in [5.74, 6) is -0.123. The number of benzene rings is 1. The van der Waals surface area contributed by atoms with Gasteiger partial charge in [-0.05, 0) is 30.7 Å². The van der Waals surface area contributed by atoms with E-state index in [4.69, 9.17) is 9.47 Å². The fourth-order valence-electron chi connectivity index (χ4n) is 2.24. The molecule has 5 heteroatoms. The third-order valence-electron chi connectivity index (χ3n) is 3.34. The molecule has 0 fully saturated rings. The summed E-state index contributed by atoms with van der Waals surface area (Å²) in [5, 5.41) is 9.28. The van der Waals surface area contributed by atoms with Crippen molar-refractivity contribution in [2.45, 2.75) is 13.3 Å². The van der Waals surface area contributed by atoms with E-state index >= 15 is 0 Å². The number of carboxylic acid groups (broad SMARTS) is 1. The Morgan fingerprint density at radius 2 is 1.76 bits per heavy atom. The van der Waals surface area contributed by atoms with Crippen molar-refractivity contribution in [1.29, 1.82) is 0 Å². The molecule has 1 aromatic carbocycles. The van der Waals surface area contributed by atoms with E-state index in [1.807, 2.05) is 0 Å². The first-order valence-electron chi connectivity index (χ1n) is 6.37. The Kier molecular flexibility index (Phi) is 4.12. The van der Waals surface area contributed by atoms with Gasteiger partial charge in [0.25, 0.3) is 0 Å². The normalized spacial score (nSPS) is 18.4. The van der Waals surface area contributed by atoms with E-state index in [0.29, 0.717) is 17.1 Å². The molecule has 0 saturated heterocycles. The molecule has 21 heavy (non-hydrogen) atoms. The number of carbonyl (C=O) groups is 2. The maximum absolute atomic E-state index is 11.7. The quantitative estimate of drug-likeness (QED) is 0.920. The molecule has 1 N–H and O–H groups in total. The molecule has 0 saturated carbocycles. The van der Waals surface area contributed by atoms with Crippen LogP contribution in [0.1, 0.15) is 18.1 Å². The second kappa shape index (κ2) is 5.83. The molecule has 0 heterocycles. The van der Waals surface area contributed by atoms with E-state index in [0.717, 1.165) is 11.1 Å². The van der Waals surface area contributed by atoms with Crippen molar-refractivity contribution in [2.75, 3.05) is 14.2 Å². The van der Waals surface area contributed by atoms with Gasteiger partial charge in [-0.2, -0.15) is 0 Å². The highest BCUT2D eigenvalue weighted by Gasteiger charge is 2.19. The predicted molar refractivity (Wildman–Crippen MR) is 77.6 cm³/mol. The predicted octanol–water partition coefficient (Wildman–Crippen LogP) is 2.24. The molecule has 0 aliphatic heterocycles. The number of carbonyl (C=O) groups excluding carboxylic acids is 1. The minimum atomic E-state index is -1.05. The van der Waals surface area contributed by atoms with E-state index < -0.39 is 5.97 Å². The summed E-state index contributed by atoms with van der Waals surface area (Å²) in [6, 6.07) is 3.49. The van der Waals surface area contributed by atoms with Crippen molar-refractivity contribution < 1.29 is 24.2 Å². The largest absolute Gasteiger partial charge is 0.496 e. The lowest BCUT2D eigenvalue weighted by molar-refractivity contribution is -0.132. The summed E-state index contributed by atoms with van der Waals surface area (Å²) in [6.07, 6.45) is 3.22. The van der Waals surface area contributed by atoms with Crippen LogP contribution in [0.25, 0.3) is 6.08 Å². The Bertz CT molecular complexity index is 667. The van der Waals surface area contributed by atoms with E-state index in [2.05, 4.69) is 0 Å². The van der Waals surface area contributed by atoms with Gasteiger partial charge in [0, 0.05) is 29.2 Å². The van der Waals surface area contributed by atoms with Crippen LogP contribution in [0.2, 0.25) is 0 Å². The zero-order chi connectivity index (χ0) is 15.6. The summed E-state index contributed by atoms with van der Waals surface area (Å²) in [5.41, 5.74) is 1.94. The van der Waals surface area contributed by atoms with Crippen LogP contribution in [-0.2, 0) is 16.0 Å². The average Bonchev–Trinajstić information content (AvgIpc) is 2.42. The van der Waals surface area contributed by atoms with Crippen LogP contribution in [0.5, 0.6) is 11.5 Å². The van der Waals surface area contributed by atoms with Crippen LogP contribution in [0.4, 0.5) is 0 Å². The van der Waals surface area contributed by atoms with Crippen molar-refractivity contribution in [3.8, 4) is 11.5 Å². The van der Waals surface area contributed by atoms with Crippen LogP contribution >= 0.6 is 0 Å². The molecule has 0 aromatic heterocycles. The van der Waals surface area contributed by atoms with Crippen molar-refractivity contribution in [3.63, 3.8) is 0 Å². The maximum Gasteiger partial charge on any atom is 0.331 e. The molecule has 0 amide bonds. The Labute approximate surface area is 122 Å². The lowest BCUT2D eigenvalue weighted by Crippen LogP contribution is -2.09. The smallest absolute Gasteiger partial charge is 0.331 e. The SMILES string of the molecule is COc1cc(OC)c2cc1/C=C(C(C)=O)\C=C(\C(=O)O)C2. The van der Waals surface area contributed by atoms with Crippen molar-refractivity contribution in [3.05, 3.63) is 40.5 Å². The first-order valence-corrected chi connectivity index (χ1v) is 6.37. The van der Waals surface area contributed by atoms with Gasteiger partial charge in [-0.1, -0.05) is 0 Å². The van der Waals surface area contributed by atoms with Crippen molar-refractivity contribution in [2.24, 2.45) is 0 Å². The fraction of sp³-hybridized carbons (Fsp3) is 0.250. The Morgan fingerprint density at radius 3 is 2.29 bits per heavy atom. The number of aliphatic carboxylic acids is 1. The Hall–Kier alpha value is -2.56. The van der Waals surface area contributed by atoms with Crippen LogP contribution in [-0.4, -0.2) is 31.1 Å². The maximum atomic E-state index is 11.7. The molecule has 1 aliphatic carbocycles. The number of ketones is 1. The molecule has 0 unspecified atom stereocenters. The molecule has 1 aliphatic rings. The van der Waals surface area contributed by atoms with Gasteiger partial charge < -0.3 is 14.6 Å². The zero-order valence-corrected chi connectivity index (χ0v) is 12.1. The van der Waals surface area contributed by atoms with Gasteiger partial charge in [0.15, 0.2) is 5.78 Å². The Balaban J connectivity index is 2.70. The summed E-state index contributed by atoms with van der Waals surface area (Å²) in [4.78, 5) is 23.0. The molecule has 1 aromatic rings. The number of ether oxygens (including phenoxy) is 2. The highest BCUT2D eigenvalue weighted by Crippen LogP contribution is 2.34. The number of methoxy groups -OCH3 is 2. The summed E-state index contributed by atoms with van der Waals surface area (Å²) in [6.45, 7) is 1.40. The second-order valence-electron chi connectivity index (χ2n) is 4.71. The van der Waals surface area contributed by atoms with E-state index in [1.165, 1.54) is 27.2 Å². The van der Waals surface area contributed by atoms with Gasteiger partial charge in [0.2, 0.25) is 0 Å². The molecular weight excluding hydrogens is 272 g/mol. The third-order valence-corrected chi connectivity index (χ3v) is 3.34. The minimum absolute atomic E-state index is 0.144. The van der Waals surface area contributed by atoms with Crippen molar-refractivity contribution >= 4 is 17.8 Å². The first kappa shape index (κ1) is 14.8. The number of Topliss-reactive ketones (excluding diaryl/α,β-unsaturated/α-hetero) is 1. The van der Waals surface area contributed by atoms with Gasteiger partial charge in [0.05, 0.1) is 14.2 Å². The molecule has 0 spiro atoms. The third kappa shape index (κ3) is 2.97. The van der Waals surface area contributed by atoms with E-state index in [1.54, 1.807) is 18.2 Å². The lowest BCUT2D eigenvalue weighted by atomic mass is 9.94. The minimum Gasteiger partial charge on any atom is -0.496 e. The number of allylic oxidation sites excluding steroid dienone is 2. The van der Waals surface area contributed by atoms with Crippen LogP contribution in [0.3, 0.4) is 0 Å². The lowest BCUT2D eigenvalue weighted by Gasteiger charge is -2.16. The Morgan fingerprint density at radius 1 is 1.10 bits per heavy atom. The molecule has 2 rings (SSSR count). The number of rotatable bonds is 4.